The molecule has 18 heavy (non-hydrogen) atoms. The maximum absolute atomic E-state index is 13.3. The smallest absolute Gasteiger partial charge is 0.304 e. The Bertz CT molecular complexity index is 466. The first kappa shape index (κ1) is 14.7. The molecule has 0 spiro atoms. The van der Waals surface area contributed by atoms with E-state index in [0.717, 1.165) is 12.1 Å². The molecule has 5 nitrogen and oxygen atoms in total. The minimum absolute atomic E-state index is 0.0254. The average molecular weight is 274 g/mol. The summed E-state index contributed by atoms with van der Waals surface area (Å²) in [5.41, 5.74) is 5.46. The van der Waals surface area contributed by atoms with Crippen LogP contribution in [0.5, 0.6) is 0 Å². The topological polar surface area (TPSA) is 86.2 Å². The van der Waals surface area contributed by atoms with E-state index in [9.17, 15) is 18.7 Å². The number of rotatable bonds is 6. The van der Waals surface area contributed by atoms with Crippen molar-refractivity contribution in [3.8, 4) is 0 Å². The first-order chi connectivity index (χ1) is 8.40. The number of nitro groups is 1. The van der Waals surface area contributed by atoms with Gasteiger partial charge in [0.1, 0.15) is 0 Å². The lowest BCUT2D eigenvalue weighted by Gasteiger charge is -2.05. The SMILES string of the molecule is CC(N)CCS(=O)Cc1ccc([N+](=O)[O-])c(F)c1. The van der Waals surface area contributed by atoms with E-state index in [4.69, 9.17) is 5.73 Å². The van der Waals surface area contributed by atoms with Crippen LogP contribution in [0.4, 0.5) is 10.1 Å². The Hall–Kier alpha value is -1.34. The molecule has 100 valence electrons. The van der Waals surface area contributed by atoms with Crippen LogP contribution < -0.4 is 5.73 Å². The molecule has 0 aliphatic carbocycles. The summed E-state index contributed by atoms with van der Waals surface area (Å²) in [4.78, 5) is 9.64. The van der Waals surface area contributed by atoms with Crippen LogP contribution in [0.25, 0.3) is 0 Å². The molecule has 1 aromatic carbocycles. The summed E-state index contributed by atoms with van der Waals surface area (Å²) in [5.74, 6) is -0.278. The summed E-state index contributed by atoms with van der Waals surface area (Å²) >= 11 is 0. The Balaban J connectivity index is 2.66. The molecule has 0 radical (unpaired) electrons. The monoisotopic (exact) mass is 274 g/mol. The van der Waals surface area contributed by atoms with Crippen molar-refractivity contribution in [3.63, 3.8) is 0 Å². The number of hydrogen-bond acceptors (Lipinski definition) is 4. The van der Waals surface area contributed by atoms with Crippen LogP contribution in [0.2, 0.25) is 0 Å². The van der Waals surface area contributed by atoms with Gasteiger partial charge in [-0.1, -0.05) is 6.07 Å². The zero-order valence-electron chi connectivity index (χ0n) is 9.97. The van der Waals surface area contributed by atoms with Crippen molar-refractivity contribution >= 4 is 16.5 Å². The minimum atomic E-state index is -1.13. The van der Waals surface area contributed by atoms with Crippen molar-refractivity contribution < 1.29 is 13.5 Å². The van der Waals surface area contributed by atoms with Crippen LogP contribution in [0, 0.1) is 15.9 Å². The molecule has 2 atom stereocenters. The van der Waals surface area contributed by atoms with Gasteiger partial charge in [0.05, 0.1) is 4.92 Å². The molecule has 0 aliphatic heterocycles. The lowest BCUT2D eigenvalue weighted by molar-refractivity contribution is -0.387. The molecule has 0 bridgehead atoms. The van der Waals surface area contributed by atoms with Gasteiger partial charge in [0, 0.05) is 34.4 Å². The van der Waals surface area contributed by atoms with E-state index in [1.807, 2.05) is 6.92 Å². The van der Waals surface area contributed by atoms with Crippen molar-refractivity contribution in [2.24, 2.45) is 5.73 Å². The molecule has 0 fully saturated rings. The normalized spacial score (nSPS) is 14.2. The lowest BCUT2D eigenvalue weighted by atomic mass is 10.2. The molecule has 7 heteroatoms. The molecule has 0 aromatic heterocycles. The van der Waals surface area contributed by atoms with Crippen molar-refractivity contribution in [3.05, 3.63) is 39.7 Å². The fourth-order valence-corrected chi connectivity index (χ4v) is 2.69. The summed E-state index contributed by atoms with van der Waals surface area (Å²) in [6.45, 7) is 1.82. The first-order valence-electron chi connectivity index (χ1n) is 5.43. The van der Waals surface area contributed by atoms with Crippen LogP contribution in [-0.2, 0) is 16.6 Å². The van der Waals surface area contributed by atoms with E-state index in [1.54, 1.807) is 0 Å². The van der Waals surface area contributed by atoms with Gasteiger partial charge in [0.25, 0.3) is 0 Å². The molecular formula is C11H15FN2O3S. The van der Waals surface area contributed by atoms with Crippen molar-refractivity contribution in [2.75, 3.05) is 5.75 Å². The lowest BCUT2D eigenvalue weighted by Crippen LogP contribution is -2.18. The average Bonchev–Trinajstić information content (AvgIpc) is 2.26. The summed E-state index contributed by atoms with van der Waals surface area (Å²) in [6.07, 6.45) is 0.627. The second-order valence-electron chi connectivity index (χ2n) is 4.10. The van der Waals surface area contributed by atoms with Crippen molar-refractivity contribution in [1.29, 1.82) is 0 Å². The Kier molecular flexibility index (Phi) is 5.36. The van der Waals surface area contributed by atoms with Gasteiger partial charge in [0.2, 0.25) is 5.82 Å². The number of benzene rings is 1. The van der Waals surface area contributed by atoms with Gasteiger partial charge in [0.15, 0.2) is 0 Å². The molecule has 2 unspecified atom stereocenters. The molecular weight excluding hydrogens is 259 g/mol. The van der Waals surface area contributed by atoms with Gasteiger partial charge >= 0.3 is 5.69 Å². The largest absolute Gasteiger partial charge is 0.328 e. The van der Waals surface area contributed by atoms with Crippen molar-refractivity contribution in [1.82, 2.24) is 0 Å². The third-order valence-corrected chi connectivity index (χ3v) is 3.68. The van der Waals surface area contributed by atoms with Crippen LogP contribution in [0.1, 0.15) is 18.9 Å². The quantitative estimate of drug-likeness (QED) is 0.632. The van der Waals surface area contributed by atoms with E-state index in [1.165, 1.54) is 6.07 Å². The van der Waals surface area contributed by atoms with Crippen LogP contribution >= 0.6 is 0 Å². The number of nitrogens with two attached hydrogens (primary N) is 1. The molecule has 1 aromatic rings. The molecule has 2 N–H and O–H groups in total. The second kappa shape index (κ2) is 6.55. The van der Waals surface area contributed by atoms with Gasteiger partial charge in [-0.25, -0.2) is 0 Å². The zero-order valence-corrected chi connectivity index (χ0v) is 10.8. The Morgan fingerprint density at radius 2 is 2.22 bits per heavy atom. The summed E-state index contributed by atoms with van der Waals surface area (Å²) < 4.78 is 25.0. The zero-order chi connectivity index (χ0) is 13.7. The fourth-order valence-electron chi connectivity index (χ4n) is 1.36. The summed E-state index contributed by atoms with van der Waals surface area (Å²) in [5, 5.41) is 10.4. The molecule has 0 amide bonds. The van der Waals surface area contributed by atoms with E-state index >= 15 is 0 Å². The highest BCUT2D eigenvalue weighted by Crippen LogP contribution is 2.18. The highest BCUT2D eigenvalue weighted by atomic mass is 32.2. The standard InChI is InChI=1S/C11H15FN2O3S/c1-8(13)4-5-18(17)7-9-2-3-11(14(15)16)10(12)6-9/h2-3,6,8H,4-5,7,13H2,1H3. The predicted molar refractivity (Wildman–Crippen MR) is 68.0 cm³/mol. The number of nitro benzene ring substituents is 1. The van der Waals surface area contributed by atoms with Gasteiger partial charge < -0.3 is 5.73 Å². The minimum Gasteiger partial charge on any atom is -0.328 e. The third kappa shape index (κ3) is 4.50. The van der Waals surface area contributed by atoms with Gasteiger partial charge in [-0.3, -0.25) is 14.3 Å². The van der Waals surface area contributed by atoms with Crippen LogP contribution in [0.15, 0.2) is 18.2 Å². The molecule has 1 rings (SSSR count). The number of halogens is 1. The molecule has 0 saturated heterocycles. The Labute approximate surface area is 107 Å². The Morgan fingerprint density at radius 3 is 2.72 bits per heavy atom. The predicted octanol–water partition coefficient (Wildman–Crippen LogP) is 1.72. The highest BCUT2D eigenvalue weighted by molar-refractivity contribution is 7.84. The van der Waals surface area contributed by atoms with Crippen LogP contribution in [-0.4, -0.2) is 20.9 Å². The van der Waals surface area contributed by atoms with E-state index < -0.39 is 27.2 Å². The van der Waals surface area contributed by atoms with E-state index in [2.05, 4.69) is 0 Å². The maximum atomic E-state index is 13.3. The van der Waals surface area contributed by atoms with Gasteiger partial charge in [-0.2, -0.15) is 4.39 Å². The van der Waals surface area contributed by atoms with Gasteiger partial charge in [-0.15, -0.1) is 0 Å². The first-order valence-corrected chi connectivity index (χ1v) is 6.92. The second-order valence-corrected chi connectivity index (χ2v) is 5.67. The number of hydrogen-bond donors (Lipinski definition) is 1. The fraction of sp³-hybridized carbons (Fsp3) is 0.455. The van der Waals surface area contributed by atoms with E-state index in [0.29, 0.717) is 17.7 Å². The van der Waals surface area contributed by atoms with Gasteiger partial charge in [-0.05, 0) is 25.0 Å². The summed E-state index contributed by atoms with van der Waals surface area (Å²) in [6, 6.07) is 3.54. The molecule has 0 heterocycles. The van der Waals surface area contributed by atoms with Crippen molar-refractivity contribution in [2.45, 2.75) is 25.1 Å². The molecule has 0 saturated carbocycles. The highest BCUT2D eigenvalue weighted by Gasteiger charge is 2.14. The van der Waals surface area contributed by atoms with E-state index in [-0.39, 0.29) is 11.8 Å². The maximum Gasteiger partial charge on any atom is 0.304 e. The molecule has 0 aliphatic rings. The summed E-state index contributed by atoms with van der Waals surface area (Å²) in [7, 11) is -1.13. The number of nitrogens with zero attached hydrogens (tertiary/aromatic N) is 1. The van der Waals surface area contributed by atoms with Crippen LogP contribution in [0.3, 0.4) is 0 Å². The Morgan fingerprint density at radius 1 is 1.56 bits per heavy atom. The third-order valence-electron chi connectivity index (χ3n) is 2.34.